The quantitative estimate of drug-likeness (QED) is 0.394. The lowest BCUT2D eigenvalue weighted by Crippen LogP contribution is -2.32. The van der Waals surface area contributed by atoms with Gasteiger partial charge in [-0.2, -0.15) is 18.4 Å². The number of nitrogens with zero attached hydrogens (tertiary/aromatic N) is 2. The molecule has 2 aromatic carbocycles. The van der Waals surface area contributed by atoms with Crippen LogP contribution < -0.4 is 10.1 Å². The minimum Gasteiger partial charge on any atom is -0.488 e. The Bertz CT molecular complexity index is 1350. The van der Waals surface area contributed by atoms with Crippen LogP contribution in [0.4, 0.5) is 23.7 Å². The fourth-order valence-electron chi connectivity index (χ4n) is 4.56. The number of rotatable bonds is 7. The third-order valence-corrected chi connectivity index (χ3v) is 6.75. The molecule has 1 atom stereocenters. The van der Waals surface area contributed by atoms with Crippen molar-refractivity contribution in [3.05, 3.63) is 48.0 Å². The number of anilines is 1. The summed E-state index contributed by atoms with van der Waals surface area (Å²) in [7, 11) is 0. The van der Waals surface area contributed by atoms with E-state index in [4.69, 9.17) is 14.2 Å². The van der Waals surface area contributed by atoms with Gasteiger partial charge in [0.25, 0.3) is 0 Å². The van der Waals surface area contributed by atoms with Gasteiger partial charge in [-0.15, -0.1) is 0 Å². The number of benzene rings is 2. The Morgan fingerprint density at radius 2 is 1.89 bits per heavy atom. The number of halogens is 3. The molecule has 2 heterocycles. The summed E-state index contributed by atoms with van der Waals surface area (Å²) >= 11 is 0. The van der Waals surface area contributed by atoms with Crippen LogP contribution in [0.5, 0.6) is 5.75 Å². The number of alkyl halides is 3. The predicted octanol–water partition coefficient (Wildman–Crippen LogP) is 6.16. The van der Waals surface area contributed by atoms with E-state index in [0.717, 1.165) is 48.3 Å². The van der Waals surface area contributed by atoms with Crippen LogP contribution in [0.25, 0.3) is 22.2 Å². The molecule has 1 aliphatic carbocycles. The molecule has 0 spiro atoms. The fraction of sp³-hybridized carbons (Fsp3) is 0.407. The molecule has 1 saturated heterocycles. The molecule has 1 aromatic heterocycles. The minimum absolute atomic E-state index is 0.211. The second kappa shape index (κ2) is 10.6. The molecule has 1 N–H and O–H groups in total. The van der Waals surface area contributed by atoms with E-state index in [0.29, 0.717) is 24.5 Å². The van der Waals surface area contributed by atoms with Crippen LogP contribution in [0, 0.1) is 11.3 Å². The Balaban J connectivity index is 1.43. The zero-order chi connectivity index (χ0) is 26.9. The molecule has 5 rings (SSSR count). The summed E-state index contributed by atoms with van der Waals surface area (Å²) in [5.74, 6) is 0.636. The van der Waals surface area contributed by atoms with E-state index in [-0.39, 0.29) is 18.3 Å². The highest BCUT2D eigenvalue weighted by Crippen LogP contribution is 2.43. The minimum atomic E-state index is -4.65. The van der Waals surface area contributed by atoms with Gasteiger partial charge < -0.3 is 23.5 Å². The number of hydrogen-bond donors (Lipinski definition) is 1. The van der Waals surface area contributed by atoms with Gasteiger partial charge in [-0.1, -0.05) is 12.1 Å². The SMILES string of the molecule is CC(OC(=O)Nc1ccc(-c2c(C#N)c3ccc(OCC4OCCO4)cc3n2C2CCC2)cc1)C(F)(F)F. The first-order chi connectivity index (χ1) is 18.2. The van der Waals surface area contributed by atoms with Gasteiger partial charge in [0, 0.05) is 23.2 Å². The van der Waals surface area contributed by atoms with E-state index in [9.17, 15) is 23.2 Å². The zero-order valence-corrected chi connectivity index (χ0v) is 20.6. The molecule has 200 valence electrons. The monoisotopic (exact) mass is 529 g/mol. The fourth-order valence-corrected chi connectivity index (χ4v) is 4.56. The number of carbonyl (C=O) groups is 1. The van der Waals surface area contributed by atoms with E-state index in [1.807, 2.05) is 18.2 Å². The molecule has 8 nitrogen and oxygen atoms in total. The highest BCUT2D eigenvalue weighted by atomic mass is 19.4. The lowest BCUT2D eigenvalue weighted by molar-refractivity contribution is -0.196. The van der Waals surface area contributed by atoms with Crippen molar-refractivity contribution in [3.63, 3.8) is 0 Å². The Hall–Kier alpha value is -3.75. The van der Waals surface area contributed by atoms with Gasteiger partial charge >= 0.3 is 12.3 Å². The first kappa shape index (κ1) is 25.9. The standard InChI is InChI=1S/C27H26F3N3O5/c1-16(27(28,29)30)38-26(34)32-18-7-5-17(6-8-18)25-22(14-31)21-10-9-20(37-15-24-35-11-12-36-24)13-23(21)33(25)19-3-2-4-19/h5-10,13,16,19,24H,2-4,11-12,15H2,1H3,(H,32,34). The van der Waals surface area contributed by atoms with E-state index in [1.165, 1.54) is 0 Å². The summed E-state index contributed by atoms with van der Waals surface area (Å²) in [4.78, 5) is 11.9. The number of hydrogen-bond acceptors (Lipinski definition) is 6. The van der Waals surface area contributed by atoms with Crippen molar-refractivity contribution in [2.24, 2.45) is 0 Å². The predicted molar refractivity (Wildman–Crippen MR) is 132 cm³/mol. The van der Waals surface area contributed by atoms with Gasteiger partial charge in [0.1, 0.15) is 18.4 Å². The lowest BCUT2D eigenvalue weighted by Gasteiger charge is -2.30. The molecular weight excluding hydrogens is 503 g/mol. The van der Waals surface area contributed by atoms with Crippen LogP contribution in [-0.4, -0.2) is 49.1 Å². The molecule has 2 fully saturated rings. The van der Waals surface area contributed by atoms with Crippen molar-refractivity contribution in [1.29, 1.82) is 5.26 Å². The topological polar surface area (TPSA) is 94.7 Å². The van der Waals surface area contributed by atoms with Gasteiger partial charge in [0.15, 0.2) is 12.4 Å². The van der Waals surface area contributed by atoms with Crippen LogP contribution in [0.3, 0.4) is 0 Å². The normalized spacial score (nSPS) is 17.1. The molecule has 0 bridgehead atoms. The number of fused-ring (bicyclic) bond motifs is 1. The zero-order valence-electron chi connectivity index (χ0n) is 20.6. The average molecular weight is 530 g/mol. The van der Waals surface area contributed by atoms with Crippen molar-refractivity contribution in [2.75, 3.05) is 25.1 Å². The molecule has 1 amide bonds. The van der Waals surface area contributed by atoms with Crippen LogP contribution in [0.2, 0.25) is 0 Å². The number of carbonyl (C=O) groups excluding carboxylic acids is 1. The van der Waals surface area contributed by atoms with Gasteiger partial charge in [-0.05, 0) is 56.0 Å². The van der Waals surface area contributed by atoms with Crippen molar-refractivity contribution in [1.82, 2.24) is 4.57 Å². The van der Waals surface area contributed by atoms with Crippen LogP contribution in [-0.2, 0) is 14.2 Å². The maximum Gasteiger partial charge on any atom is 0.425 e. The van der Waals surface area contributed by atoms with Crippen molar-refractivity contribution >= 4 is 22.7 Å². The van der Waals surface area contributed by atoms with Crippen molar-refractivity contribution in [3.8, 4) is 23.1 Å². The highest BCUT2D eigenvalue weighted by molar-refractivity contribution is 5.96. The highest BCUT2D eigenvalue weighted by Gasteiger charge is 2.39. The van der Waals surface area contributed by atoms with E-state index >= 15 is 0 Å². The first-order valence-corrected chi connectivity index (χ1v) is 12.3. The second-order valence-electron chi connectivity index (χ2n) is 9.24. The van der Waals surface area contributed by atoms with Crippen molar-refractivity contribution < 1.29 is 36.9 Å². The van der Waals surface area contributed by atoms with Crippen LogP contribution in [0.15, 0.2) is 42.5 Å². The number of nitrogens with one attached hydrogen (secondary N) is 1. The van der Waals surface area contributed by atoms with Crippen LogP contribution >= 0.6 is 0 Å². The smallest absolute Gasteiger partial charge is 0.425 e. The Morgan fingerprint density at radius 3 is 2.50 bits per heavy atom. The summed E-state index contributed by atoms with van der Waals surface area (Å²) in [5.41, 5.74) is 3.14. The number of nitriles is 1. The number of aromatic nitrogens is 1. The molecular formula is C27H26F3N3O5. The largest absolute Gasteiger partial charge is 0.488 e. The lowest BCUT2D eigenvalue weighted by atomic mass is 9.92. The number of ether oxygens (including phenoxy) is 4. The molecule has 1 unspecified atom stereocenters. The van der Waals surface area contributed by atoms with Gasteiger partial charge in [0.2, 0.25) is 0 Å². The summed E-state index contributed by atoms with van der Waals surface area (Å²) in [6.07, 6.45) is -5.46. The Labute approximate surface area is 216 Å². The first-order valence-electron chi connectivity index (χ1n) is 12.3. The maximum absolute atomic E-state index is 12.7. The average Bonchev–Trinajstić information content (AvgIpc) is 3.48. The van der Waals surface area contributed by atoms with Crippen molar-refractivity contribution in [2.45, 2.75) is 50.8 Å². The van der Waals surface area contributed by atoms with Gasteiger partial charge in [-0.3, -0.25) is 5.32 Å². The van der Waals surface area contributed by atoms with E-state index < -0.39 is 24.7 Å². The summed E-state index contributed by atoms with van der Waals surface area (Å²) < 4.78 is 61.3. The summed E-state index contributed by atoms with van der Waals surface area (Å²) in [5, 5.41) is 13.2. The van der Waals surface area contributed by atoms with E-state index in [2.05, 4.69) is 20.7 Å². The van der Waals surface area contributed by atoms with Gasteiger partial charge in [-0.25, -0.2) is 4.79 Å². The number of amides is 1. The van der Waals surface area contributed by atoms with E-state index in [1.54, 1.807) is 24.3 Å². The molecule has 1 saturated carbocycles. The molecule has 3 aromatic rings. The molecule has 1 aliphatic heterocycles. The maximum atomic E-state index is 12.7. The third-order valence-electron chi connectivity index (χ3n) is 6.75. The molecule has 38 heavy (non-hydrogen) atoms. The summed E-state index contributed by atoms with van der Waals surface area (Å²) in [6.45, 7) is 2.09. The molecule has 0 radical (unpaired) electrons. The Morgan fingerprint density at radius 1 is 1.18 bits per heavy atom. The second-order valence-corrected chi connectivity index (χ2v) is 9.24. The third kappa shape index (κ3) is 5.28. The van der Waals surface area contributed by atoms with Gasteiger partial charge in [0.05, 0.1) is 30.0 Å². The summed E-state index contributed by atoms with van der Waals surface area (Å²) in [6, 6.07) is 14.7. The van der Waals surface area contributed by atoms with Crippen LogP contribution in [0.1, 0.15) is 37.8 Å². The Kier molecular flexibility index (Phi) is 7.19. The molecule has 11 heteroatoms. The molecule has 2 aliphatic rings.